The van der Waals surface area contributed by atoms with Crippen molar-refractivity contribution in [1.82, 2.24) is 15.3 Å². The van der Waals surface area contributed by atoms with E-state index in [0.29, 0.717) is 12.0 Å². The van der Waals surface area contributed by atoms with E-state index in [-0.39, 0.29) is 40.2 Å². The number of aromatic nitrogens is 2. The van der Waals surface area contributed by atoms with Gasteiger partial charge in [0.15, 0.2) is 5.16 Å². The van der Waals surface area contributed by atoms with Crippen molar-refractivity contribution in [3.05, 3.63) is 15.9 Å². The molecule has 0 aromatic carbocycles. The second kappa shape index (κ2) is 8.38. The van der Waals surface area contributed by atoms with Crippen molar-refractivity contribution in [3.8, 4) is 5.88 Å². The van der Waals surface area contributed by atoms with E-state index in [2.05, 4.69) is 15.3 Å². The van der Waals surface area contributed by atoms with Gasteiger partial charge in [-0.25, -0.2) is 0 Å². The molecule has 2 rings (SSSR count). The van der Waals surface area contributed by atoms with Crippen LogP contribution in [0.5, 0.6) is 5.88 Å². The van der Waals surface area contributed by atoms with Crippen LogP contribution in [-0.4, -0.2) is 32.8 Å². The predicted octanol–water partition coefficient (Wildman–Crippen LogP) is 2.21. The van der Waals surface area contributed by atoms with Gasteiger partial charge in [0.2, 0.25) is 11.8 Å². The lowest BCUT2D eigenvalue weighted by Gasteiger charge is -2.22. The molecule has 1 heterocycles. The Bertz CT molecular complexity index is 595. The van der Waals surface area contributed by atoms with Gasteiger partial charge in [0.1, 0.15) is 0 Å². The average molecular weight is 339 g/mol. The summed E-state index contributed by atoms with van der Waals surface area (Å²) in [6.45, 7) is 3.94. The van der Waals surface area contributed by atoms with Gasteiger partial charge in [-0.05, 0) is 25.2 Å². The number of hydrogen-bond donors (Lipinski definition) is 3. The first kappa shape index (κ1) is 17.8. The molecule has 128 valence electrons. The standard InChI is InChI=1S/C16H25N3O3S/c1-10(2)8-12-14(21)18-16(19-15(12)22)23-9-13(20)17-11-6-4-3-5-7-11/h10-11H,3-9H2,1-2H3,(H,17,20)(H2,18,19,21,22). The SMILES string of the molecule is CC(C)Cc1c(O)nc(SCC(=O)NC2CCCCC2)[nH]c1=O. The third kappa shape index (κ3) is 5.57. The minimum absolute atomic E-state index is 0.0599. The van der Waals surface area contributed by atoms with E-state index < -0.39 is 0 Å². The number of H-pyrrole nitrogens is 1. The summed E-state index contributed by atoms with van der Waals surface area (Å²) in [4.78, 5) is 30.6. The normalized spacial score (nSPS) is 15.8. The van der Waals surface area contributed by atoms with Crippen LogP contribution < -0.4 is 10.9 Å². The van der Waals surface area contributed by atoms with E-state index >= 15 is 0 Å². The van der Waals surface area contributed by atoms with Gasteiger partial charge in [-0.1, -0.05) is 44.9 Å². The molecular weight excluding hydrogens is 314 g/mol. The lowest BCUT2D eigenvalue weighted by molar-refractivity contribution is -0.119. The lowest BCUT2D eigenvalue weighted by Crippen LogP contribution is -2.37. The number of amides is 1. The minimum Gasteiger partial charge on any atom is -0.493 e. The third-order valence-electron chi connectivity index (χ3n) is 3.89. The molecule has 1 aliphatic rings. The number of carbonyl (C=O) groups is 1. The Morgan fingerprint density at radius 2 is 2.09 bits per heavy atom. The van der Waals surface area contributed by atoms with Gasteiger partial charge < -0.3 is 15.4 Å². The second-order valence-corrected chi connectivity index (χ2v) is 7.43. The van der Waals surface area contributed by atoms with E-state index in [4.69, 9.17) is 0 Å². The molecule has 0 radical (unpaired) electrons. The number of aromatic amines is 1. The summed E-state index contributed by atoms with van der Waals surface area (Å²) in [7, 11) is 0. The Morgan fingerprint density at radius 3 is 2.70 bits per heavy atom. The van der Waals surface area contributed by atoms with Crippen LogP contribution in [0.15, 0.2) is 9.95 Å². The number of aromatic hydroxyl groups is 1. The Hall–Kier alpha value is -1.50. The molecule has 3 N–H and O–H groups in total. The maximum absolute atomic E-state index is 12.0. The molecule has 6 nitrogen and oxygen atoms in total. The number of carbonyl (C=O) groups excluding carboxylic acids is 1. The molecule has 0 aliphatic heterocycles. The van der Waals surface area contributed by atoms with E-state index in [9.17, 15) is 14.7 Å². The van der Waals surface area contributed by atoms with Crippen LogP contribution in [0.4, 0.5) is 0 Å². The first-order valence-electron chi connectivity index (χ1n) is 8.20. The highest BCUT2D eigenvalue weighted by Gasteiger charge is 2.17. The van der Waals surface area contributed by atoms with Crippen LogP contribution >= 0.6 is 11.8 Å². The largest absolute Gasteiger partial charge is 0.493 e. The van der Waals surface area contributed by atoms with E-state index in [1.807, 2.05) is 13.8 Å². The first-order valence-corrected chi connectivity index (χ1v) is 9.18. The molecule has 7 heteroatoms. The molecule has 0 unspecified atom stereocenters. The quantitative estimate of drug-likeness (QED) is 0.545. The number of nitrogens with zero attached hydrogens (tertiary/aromatic N) is 1. The van der Waals surface area contributed by atoms with Crippen LogP contribution in [0.25, 0.3) is 0 Å². The molecule has 0 saturated heterocycles. The highest BCUT2D eigenvalue weighted by molar-refractivity contribution is 7.99. The van der Waals surface area contributed by atoms with Crippen LogP contribution in [-0.2, 0) is 11.2 Å². The summed E-state index contributed by atoms with van der Waals surface area (Å²) < 4.78 is 0. The van der Waals surface area contributed by atoms with Crippen LogP contribution in [0, 0.1) is 5.92 Å². The van der Waals surface area contributed by atoms with Gasteiger partial charge in [0.05, 0.1) is 11.3 Å². The van der Waals surface area contributed by atoms with Crippen molar-refractivity contribution in [3.63, 3.8) is 0 Å². The van der Waals surface area contributed by atoms with Crippen molar-refractivity contribution >= 4 is 17.7 Å². The zero-order valence-corrected chi connectivity index (χ0v) is 14.5. The summed E-state index contributed by atoms with van der Waals surface area (Å²) in [6.07, 6.45) is 6.12. The van der Waals surface area contributed by atoms with Gasteiger partial charge in [-0.2, -0.15) is 4.98 Å². The minimum atomic E-state index is -0.332. The maximum atomic E-state index is 12.0. The smallest absolute Gasteiger partial charge is 0.258 e. The van der Waals surface area contributed by atoms with Crippen molar-refractivity contribution in [2.45, 2.75) is 63.6 Å². The molecule has 0 spiro atoms. The van der Waals surface area contributed by atoms with E-state index in [0.717, 1.165) is 37.4 Å². The topological polar surface area (TPSA) is 95.1 Å². The molecule has 1 aliphatic carbocycles. The summed E-state index contributed by atoms with van der Waals surface area (Å²) in [5, 5.41) is 13.2. The molecule has 1 aromatic rings. The molecule has 1 fully saturated rings. The van der Waals surface area contributed by atoms with Gasteiger partial charge >= 0.3 is 0 Å². The summed E-state index contributed by atoms with van der Waals surface area (Å²) >= 11 is 1.13. The van der Waals surface area contributed by atoms with Crippen molar-refractivity contribution in [2.75, 3.05) is 5.75 Å². The third-order valence-corrected chi connectivity index (χ3v) is 4.77. The van der Waals surface area contributed by atoms with Crippen LogP contribution in [0.2, 0.25) is 0 Å². The molecule has 0 bridgehead atoms. The van der Waals surface area contributed by atoms with Crippen molar-refractivity contribution < 1.29 is 9.90 Å². The Morgan fingerprint density at radius 1 is 1.39 bits per heavy atom. The van der Waals surface area contributed by atoms with Gasteiger partial charge in [0.25, 0.3) is 5.56 Å². The average Bonchev–Trinajstić information content (AvgIpc) is 2.50. The maximum Gasteiger partial charge on any atom is 0.258 e. The fourth-order valence-corrected chi connectivity index (χ4v) is 3.44. The van der Waals surface area contributed by atoms with Crippen LogP contribution in [0.3, 0.4) is 0 Å². The summed E-state index contributed by atoms with van der Waals surface area (Å²) in [6, 6.07) is 0.269. The Balaban J connectivity index is 1.90. The fraction of sp³-hybridized carbons (Fsp3) is 0.688. The highest BCUT2D eigenvalue weighted by Crippen LogP contribution is 2.20. The number of nitrogens with one attached hydrogen (secondary N) is 2. The fourth-order valence-electron chi connectivity index (χ4n) is 2.78. The molecular formula is C16H25N3O3S. The number of hydrogen-bond acceptors (Lipinski definition) is 5. The summed E-state index contributed by atoms with van der Waals surface area (Å²) in [5.74, 6) is 0.138. The Labute approximate surface area is 140 Å². The number of thioether (sulfide) groups is 1. The second-order valence-electron chi connectivity index (χ2n) is 6.46. The molecule has 23 heavy (non-hydrogen) atoms. The van der Waals surface area contributed by atoms with E-state index in [1.54, 1.807) is 0 Å². The molecule has 1 aromatic heterocycles. The zero-order valence-electron chi connectivity index (χ0n) is 13.7. The summed E-state index contributed by atoms with van der Waals surface area (Å²) in [5.41, 5.74) is -0.0302. The monoisotopic (exact) mass is 339 g/mol. The van der Waals surface area contributed by atoms with Crippen LogP contribution in [0.1, 0.15) is 51.5 Å². The van der Waals surface area contributed by atoms with Gasteiger partial charge in [-0.3, -0.25) is 9.59 Å². The Kier molecular flexibility index (Phi) is 6.50. The van der Waals surface area contributed by atoms with Gasteiger partial charge in [0, 0.05) is 6.04 Å². The predicted molar refractivity (Wildman–Crippen MR) is 90.8 cm³/mol. The molecule has 1 saturated carbocycles. The van der Waals surface area contributed by atoms with E-state index in [1.165, 1.54) is 6.42 Å². The molecule has 1 amide bonds. The number of rotatable bonds is 6. The van der Waals surface area contributed by atoms with Crippen molar-refractivity contribution in [2.24, 2.45) is 5.92 Å². The molecule has 0 atom stereocenters. The van der Waals surface area contributed by atoms with Crippen molar-refractivity contribution in [1.29, 1.82) is 0 Å². The first-order chi connectivity index (χ1) is 11.0. The van der Waals surface area contributed by atoms with Gasteiger partial charge in [-0.15, -0.1) is 0 Å². The highest BCUT2D eigenvalue weighted by atomic mass is 32.2. The zero-order chi connectivity index (χ0) is 16.8. The lowest BCUT2D eigenvalue weighted by atomic mass is 9.95.